The molecule has 3 aromatic carbocycles. The quantitative estimate of drug-likeness (QED) is 0.288. The summed E-state index contributed by atoms with van der Waals surface area (Å²) >= 11 is 0. The fourth-order valence-electron chi connectivity index (χ4n) is 4.74. The number of aromatic nitrogens is 2. The molecule has 6 rings (SSSR count). The van der Waals surface area contributed by atoms with Crippen molar-refractivity contribution in [1.82, 2.24) is 9.97 Å². The predicted octanol–water partition coefficient (Wildman–Crippen LogP) is 7.83. The molecule has 0 bridgehead atoms. The van der Waals surface area contributed by atoms with E-state index in [2.05, 4.69) is 97.7 Å². The lowest BCUT2D eigenvalue weighted by atomic mass is 9.79. The first-order valence-corrected chi connectivity index (χ1v) is 11.3. The van der Waals surface area contributed by atoms with Crippen molar-refractivity contribution in [1.29, 1.82) is 0 Å². The second kappa shape index (κ2) is 7.28. The Bertz CT molecular complexity index is 1640. The first-order valence-electron chi connectivity index (χ1n) is 11.3. The van der Waals surface area contributed by atoms with Crippen LogP contribution in [0.4, 0.5) is 0 Å². The van der Waals surface area contributed by atoms with Gasteiger partial charge in [-0.3, -0.25) is 4.98 Å². The van der Waals surface area contributed by atoms with Crippen molar-refractivity contribution in [2.45, 2.75) is 26.2 Å². The van der Waals surface area contributed by atoms with E-state index in [-0.39, 0.29) is 5.41 Å². The molecule has 0 aliphatic rings. The number of pyridine rings is 2. The lowest BCUT2D eigenvalue weighted by Crippen LogP contribution is -2.21. The van der Waals surface area contributed by atoms with E-state index >= 15 is 0 Å². The molecule has 3 aromatic heterocycles. The highest BCUT2D eigenvalue weighted by Gasteiger charge is 2.30. The molecule has 0 atom stereocenters. The van der Waals surface area contributed by atoms with Crippen LogP contribution in [0.25, 0.3) is 44.1 Å². The minimum Gasteiger partial charge on any atom is -0.437 e. The Hall–Kier alpha value is -3.98. The summed E-state index contributed by atoms with van der Waals surface area (Å²) in [7, 11) is 0. The zero-order valence-electron chi connectivity index (χ0n) is 19.0. The van der Waals surface area contributed by atoms with Crippen molar-refractivity contribution < 1.29 is 4.42 Å². The van der Waals surface area contributed by atoms with Gasteiger partial charge in [0.25, 0.3) is 0 Å². The number of hydrogen-bond donors (Lipinski definition) is 0. The molecular formula is C30H24N2O. The maximum absolute atomic E-state index is 6.34. The Labute approximate surface area is 192 Å². The number of para-hydroxylation sites is 1. The van der Waals surface area contributed by atoms with Gasteiger partial charge in [-0.2, -0.15) is 0 Å². The molecule has 0 radical (unpaired) electrons. The Morgan fingerprint density at radius 1 is 0.697 bits per heavy atom. The second-order valence-electron chi connectivity index (χ2n) is 9.16. The molecule has 0 aliphatic heterocycles. The van der Waals surface area contributed by atoms with Crippen molar-refractivity contribution in [3.05, 3.63) is 108 Å². The monoisotopic (exact) mass is 428 g/mol. The van der Waals surface area contributed by atoms with Crippen LogP contribution in [0, 0.1) is 6.92 Å². The molecular weight excluding hydrogens is 404 g/mol. The Kier molecular flexibility index (Phi) is 4.34. The fourth-order valence-corrected chi connectivity index (χ4v) is 4.74. The minimum atomic E-state index is -0.379. The van der Waals surface area contributed by atoms with Gasteiger partial charge in [0.2, 0.25) is 5.71 Å². The third-order valence-electron chi connectivity index (χ3n) is 6.60. The van der Waals surface area contributed by atoms with Gasteiger partial charge in [-0.05, 0) is 30.5 Å². The summed E-state index contributed by atoms with van der Waals surface area (Å²) in [6, 6.07) is 31.6. The third-order valence-corrected chi connectivity index (χ3v) is 6.60. The fraction of sp³-hybridized carbons (Fsp3) is 0.133. The van der Waals surface area contributed by atoms with Gasteiger partial charge in [-0.1, -0.05) is 86.6 Å². The summed E-state index contributed by atoms with van der Waals surface area (Å²) in [5.74, 6) is 0. The van der Waals surface area contributed by atoms with Crippen molar-refractivity contribution in [3.8, 4) is 11.3 Å². The Balaban J connectivity index is 1.62. The topological polar surface area (TPSA) is 38.9 Å². The molecule has 0 unspecified atom stereocenters. The molecule has 3 heterocycles. The van der Waals surface area contributed by atoms with Crippen molar-refractivity contribution in [2.75, 3.05) is 0 Å². The molecule has 0 N–H and O–H groups in total. The highest BCUT2D eigenvalue weighted by molar-refractivity contribution is 6.05. The molecule has 0 saturated carbocycles. The van der Waals surface area contributed by atoms with Crippen LogP contribution in [0.15, 0.2) is 95.4 Å². The van der Waals surface area contributed by atoms with Crippen LogP contribution in [-0.4, -0.2) is 9.97 Å². The molecule has 0 fully saturated rings. The van der Waals surface area contributed by atoms with Crippen LogP contribution in [0.3, 0.4) is 0 Å². The molecule has 0 aliphatic carbocycles. The summed E-state index contributed by atoms with van der Waals surface area (Å²) in [5, 5.41) is 4.48. The number of rotatable bonds is 3. The summed E-state index contributed by atoms with van der Waals surface area (Å²) in [5.41, 5.74) is 6.38. The lowest BCUT2D eigenvalue weighted by molar-refractivity contribution is 0.590. The lowest BCUT2D eigenvalue weighted by Gasteiger charge is -2.26. The first-order chi connectivity index (χ1) is 16.0. The van der Waals surface area contributed by atoms with Gasteiger partial charge in [-0.25, -0.2) is 4.98 Å². The van der Waals surface area contributed by atoms with Gasteiger partial charge in [0.05, 0.1) is 11.4 Å². The van der Waals surface area contributed by atoms with Crippen molar-refractivity contribution in [3.63, 3.8) is 0 Å². The Morgan fingerprint density at radius 2 is 1.45 bits per heavy atom. The van der Waals surface area contributed by atoms with Gasteiger partial charge >= 0.3 is 0 Å². The van der Waals surface area contributed by atoms with E-state index in [9.17, 15) is 0 Å². The molecule has 0 saturated heterocycles. The molecule has 160 valence electrons. The van der Waals surface area contributed by atoms with Crippen LogP contribution < -0.4 is 0 Å². The van der Waals surface area contributed by atoms with E-state index in [1.807, 2.05) is 19.1 Å². The number of nitrogens with zero attached hydrogens (tertiary/aromatic N) is 2. The van der Waals surface area contributed by atoms with Gasteiger partial charge < -0.3 is 4.42 Å². The van der Waals surface area contributed by atoms with E-state index < -0.39 is 0 Å². The van der Waals surface area contributed by atoms with Crippen LogP contribution in [-0.2, 0) is 5.41 Å². The van der Waals surface area contributed by atoms with Crippen LogP contribution in [0.1, 0.15) is 30.8 Å². The number of hydrogen-bond acceptors (Lipinski definition) is 3. The highest BCUT2D eigenvalue weighted by Crippen LogP contribution is 2.40. The van der Waals surface area contributed by atoms with E-state index in [1.54, 1.807) is 0 Å². The predicted molar refractivity (Wildman–Crippen MR) is 136 cm³/mol. The number of fused-ring (bicyclic) bond motifs is 4. The second-order valence-corrected chi connectivity index (χ2v) is 9.16. The molecule has 33 heavy (non-hydrogen) atoms. The number of benzene rings is 3. The van der Waals surface area contributed by atoms with Crippen molar-refractivity contribution >= 4 is 32.8 Å². The molecule has 3 heteroatoms. The SMILES string of the molecule is Cc1ccc2c(n1)oc1c(C(C)(C)c3cc4ccccc4c(-c4ccccc4)n3)cccc12. The normalized spacial score (nSPS) is 12.1. The highest BCUT2D eigenvalue weighted by atomic mass is 16.3. The average Bonchev–Trinajstić information content (AvgIpc) is 3.21. The number of aryl methyl sites for hydroxylation is 1. The van der Waals surface area contributed by atoms with Crippen LogP contribution in [0.5, 0.6) is 0 Å². The molecule has 3 nitrogen and oxygen atoms in total. The largest absolute Gasteiger partial charge is 0.437 e. The smallest absolute Gasteiger partial charge is 0.227 e. The van der Waals surface area contributed by atoms with Crippen LogP contribution >= 0.6 is 0 Å². The number of furan rings is 1. The zero-order chi connectivity index (χ0) is 22.6. The summed E-state index contributed by atoms with van der Waals surface area (Å²) in [6.07, 6.45) is 0. The minimum absolute atomic E-state index is 0.379. The van der Waals surface area contributed by atoms with E-state index in [0.29, 0.717) is 5.71 Å². The van der Waals surface area contributed by atoms with Gasteiger partial charge in [-0.15, -0.1) is 0 Å². The third kappa shape index (κ3) is 3.12. The maximum Gasteiger partial charge on any atom is 0.227 e. The first kappa shape index (κ1) is 19.7. The molecule has 0 amide bonds. The van der Waals surface area contributed by atoms with E-state index in [4.69, 9.17) is 9.40 Å². The zero-order valence-corrected chi connectivity index (χ0v) is 19.0. The molecule has 0 spiro atoms. The summed E-state index contributed by atoms with van der Waals surface area (Å²) in [6.45, 7) is 6.43. The maximum atomic E-state index is 6.34. The van der Waals surface area contributed by atoms with Gasteiger partial charge in [0.15, 0.2) is 0 Å². The average molecular weight is 429 g/mol. The van der Waals surface area contributed by atoms with Gasteiger partial charge in [0, 0.05) is 38.4 Å². The Morgan fingerprint density at radius 3 is 2.30 bits per heavy atom. The van der Waals surface area contributed by atoms with E-state index in [1.165, 1.54) is 5.39 Å². The van der Waals surface area contributed by atoms with E-state index in [0.717, 1.165) is 50.0 Å². The standard InChI is InChI=1S/C30H24N2O/c1-19-16-17-24-23-14-9-15-25(28(23)33-29(24)31-19)30(2,3)26-18-21-12-7-8-13-22(21)27(32-26)20-10-5-4-6-11-20/h4-18H,1-3H3. The van der Waals surface area contributed by atoms with Gasteiger partial charge in [0.1, 0.15) is 5.58 Å². The van der Waals surface area contributed by atoms with Crippen LogP contribution in [0.2, 0.25) is 0 Å². The molecule has 6 aromatic rings. The van der Waals surface area contributed by atoms with Crippen molar-refractivity contribution in [2.24, 2.45) is 0 Å². The summed E-state index contributed by atoms with van der Waals surface area (Å²) in [4.78, 5) is 9.86. The summed E-state index contributed by atoms with van der Waals surface area (Å²) < 4.78 is 6.34.